The molecule has 1 aromatic rings. The number of carbonyl (C=O) groups excluding carboxylic acids is 1. The lowest BCUT2D eigenvalue weighted by molar-refractivity contribution is 0.0633. The minimum atomic E-state index is -0.631. The fraction of sp³-hybridized carbons (Fsp3) is 0.312. The summed E-state index contributed by atoms with van der Waals surface area (Å²) in [4.78, 5) is 11.8. The molecule has 0 atom stereocenters. The van der Waals surface area contributed by atoms with Crippen LogP contribution in [0.4, 0.5) is 5.69 Å². The van der Waals surface area contributed by atoms with Gasteiger partial charge in [-0.3, -0.25) is 0 Å². The summed E-state index contributed by atoms with van der Waals surface area (Å²) in [6.45, 7) is 7.75. The average molecular weight is 277 g/mol. The van der Waals surface area contributed by atoms with Gasteiger partial charge in [-0.05, 0) is 43.7 Å². The van der Waals surface area contributed by atoms with Crippen molar-refractivity contribution in [3.63, 3.8) is 0 Å². The maximum absolute atomic E-state index is 11.8. The van der Waals surface area contributed by atoms with E-state index in [2.05, 4.69) is 0 Å². The van der Waals surface area contributed by atoms with Crippen LogP contribution in [-0.2, 0) is 4.74 Å². The van der Waals surface area contributed by atoms with Crippen LogP contribution >= 0.6 is 0 Å². The molecule has 110 valence electrons. The van der Waals surface area contributed by atoms with E-state index in [0.717, 1.165) is 6.42 Å². The van der Waals surface area contributed by atoms with Gasteiger partial charge in [-0.15, -0.1) is 0 Å². The molecule has 0 spiro atoms. The zero-order valence-electron chi connectivity index (χ0n) is 12.5. The summed E-state index contributed by atoms with van der Waals surface area (Å²) in [5.74, 6) is -0.346. The van der Waals surface area contributed by atoms with Gasteiger partial charge >= 0.3 is 5.97 Å². The molecule has 0 amide bonds. The Morgan fingerprint density at radius 3 is 2.60 bits per heavy atom. The molecule has 1 rings (SSSR count). The molecule has 0 radical (unpaired) electrons. The van der Waals surface area contributed by atoms with Crippen LogP contribution in [-0.4, -0.2) is 11.1 Å². The lowest BCUT2D eigenvalue weighted by Crippen LogP contribution is -2.05. The van der Waals surface area contributed by atoms with Crippen LogP contribution in [0.1, 0.15) is 44.5 Å². The maximum Gasteiger partial charge on any atom is 0.347 e. The third-order valence-corrected chi connectivity index (χ3v) is 2.25. The summed E-state index contributed by atoms with van der Waals surface area (Å²) in [7, 11) is 0. The van der Waals surface area contributed by atoms with Gasteiger partial charge in [0.2, 0.25) is 0 Å². The number of rotatable bonds is 4. The number of phenols is 1. The zero-order chi connectivity index (χ0) is 15.5. The number of esters is 1. The first-order chi connectivity index (χ1) is 9.58. The Hall–Kier alpha value is -2.23. The highest BCUT2D eigenvalue weighted by Gasteiger charge is 2.14. The third kappa shape index (κ3) is 5.61. The van der Waals surface area contributed by atoms with Crippen molar-refractivity contribution in [2.45, 2.75) is 34.1 Å². The molecule has 0 fully saturated rings. The molecule has 0 saturated heterocycles. The Morgan fingerprint density at radius 2 is 2.05 bits per heavy atom. The number of nitrogen functional groups attached to an aromatic ring is 1. The lowest BCUT2D eigenvalue weighted by atomic mass is 10.2. The zero-order valence-corrected chi connectivity index (χ0v) is 12.5. The Morgan fingerprint density at radius 1 is 1.40 bits per heavy atom. The molecule has 1 aromatic carbocycles. The summed E-state index contributed by atoms with van der Waals surface area (Å²) in [5.41, 5.74) is 6.01. The topological polar surface area (TPSA) is 72.5 Å². The first-order valence-corrected chi connectivity index (χ1v) is 6.72. The number of allylic oxidation sites excluding steroid dienone is 3. The molecule has 0 aliphatic rings. The fourth-order valence-electron chi connectivity index (χ4n) is 1.30. The van der Waals surface area contributed by atoms with Crippen LogP contribution in [0.5, 0.6) is 5.75 Å². The van der Waals surface area contributed by atoms with Crippen molar-refractivity contribution in [1.29, 1.82) is 0 Å². The molecular formula is C16H23NO3. The highest BCUT2D eigenvalue weighted by atomic mass is 16.5. The van der Waals surface area contributed by atoms with Crippen LogP contribution in [0, 0.1) is 0 Å². The first-order valence-electron chi connectivity index (χ1n) is 6.72. The van der Waals surface area contributed by atoms with E-state index < -0.39 is 5.97 Å². The molecule has 0 saturated carbocycles. The van der Waals surface area contributed by atoms with E-state index >= 15 is 0 Å². The Bertz CT molecular complexity index is 490. The molecule has 4 nitrogen and oxygen atoms in total. The Balaban J connectivity index is 0.00000172. The van der Waals surface area contributed by atoms with Gasteiger partial charge in [-0.25, -0.2) is 4.79 Å². The summed E-state index contributed by atoms with van der Waals surface area (Å²) >= 11 is 0. The van der Waals surface area contributed by atoms with Crippen LogP contribution in [0.25, 0.3) is 0 Å². The van der Waals surface area contributed by atoms with E-state index in [4.69, 9.17) is 10.5 Å². The second-order valence-corrected chi connectivity index (χ2v) is 3.67. The van der Waals surface area contributed by atoms with Crippen LogP contribution in [0.15, 0.2) is 42.2 Å². The number of phenolic OH excluding ortho intramolecular Hbond substituents is 1. The largest absolute Gasteiger partial charge is 0.507 e. The monoisotopic (exact) mass is 277 g/mol. The van der Waals surface area contributed by atoms with Crippen molar-refractivity contribution in [3.05, 3.63) is 47.7 Å². The predicted octanol–water partition coefficient (Wildman–Crippen LogP) is 4.03. The molecule has 0 unspecified atom stereocenters. The Kier molecular flexibility index (Phi) is 8.59. The summed E-state index contributed by atoms with van der Waals surface area (Å²) < 4.78 is 5.14. The van der Waals surface area contributed by atoms with Crippen molar-refractivity contribution < 1.29 is 14.6 Å². The van der Waals surface area contributed by atoms with Crippen molar-refractivity contribution in [1.82, 2.24) is 0 Å². The minimum Gasteiger partial charge on any atom is -0.507 e. The number of aromatic hydroxyl groups is 1. The fourth-order valence-corrected chi connectivity index (χ4v) is 1.30. The minimum absolute atomic E-state index is 0.0549. The summed E-state index contributed by atoms with van der Waals surface area (Å²) in [5, 5.41) is 9.57. The molecular weight excluding hydrogens is 254 g/mol. The van der Waals surface area contributed by atoms with Gasteiger partial charge < -0.3 is 15.6 Å². The molecule has 0 aliphatic carbocycles. The second-order valence-electron chi connectivity index (χ2n) is 3.67. The molecule has 0 aliphatic heterocycles. The average Bonchev–Trinajstić information content (AvgIpc) is 2.47. The van der Waals surface area contributed by atoms with Gasteiger partial charge in [0, 0.05) is 5.69 Å². The molecule has 20 heavy (non-hydrogen) atoms. The number of hydrogen-bond acceptors (Lipinski definition) is 4. The van der Waals surface area contributed by atoms with Crippen LogP contribution in [0.2, 0.25) is 0 Å². The summed E-state index contributed by atoms with van der Waals surface area (Å²) in [6, 6.07) is 4.26. The maximum atomic E-state index is 11.8. The van der Waals surface area contributed by atoms with Crippen LogP contribution < -0.4 is 5.73 Å². The molecule has 0 bridgehead atoms. The number of nitrogens with two attached hydrogens (primary N) is 1. The van der Waals surface area contributed by atoms with Crippen molar-refractivity contribution in [2.75, 3.05) is 5.73 Å². The SMILES string of the molecule is C/C=C(\C=C/CC)OC(=O)c1cc(N)ccc1O.CC. The van der Waals surface area contributed by atoms with Crippen molar-refractivity contribution in [2.24, 2.45) is 0 Å². The highest BCUT2D eigenvalue weighted by Crippen LogP contribution is 2.21. The van der Waals surface area contributed by atoms with E-state index in [-0.39, 0.29) is 11.3 Å². The van der Waals surface area contributed by atoms with Gasteiger partial charge in [0.1, 0.15) is 17.1 Å². The predicted molar refractivity (Wildman–Crippen MR) is 82.5 cm³/mol. The standard InChI is InChI=1S/C14H17NO3.C2H6/c1-3-5-6-11(4-2)18-14(17)12-9-10(15)7-8-13(12)16;1-2/h4-9,16H,3,15H2,1-2H3;1-2H3/b6-5-,11-4+;. The molecule has 4 heteroatoms. The smallest absolute Gasteiger partial charge is 0.347 e. The molecule has 0 heterocycles. The Labute approximate surface area is 120 Å². The van der Waals surface area contributed by atoms with Gasteiger partial charge in [0.05, 0.1) is 0 Å². The number of carbonyl (C=O) groups is 1. The number of hydrogen-bond donors (Lipinski definition) is 2. The summed E-state index contributed by atoms with van der Waals surface area (Å²) in [6.07, 6.45) is 6.11. The van der Waals surface area contributed by atoms with E-state index in [1.165, 1.54) is 18.2 Å². The van der Waals surface area contributed by atoms with E-state index in [1.807, 2.05) is 26.8 Å². The number of anilines is 1. The third-order valence-electron chi connectivity index (χ3n) is 2.25. The van der Waals surface area contributed by atoms with E-state index in [0.29, 0.717) is 11.4 Å². The highest BCUT2D eigenvalue weighted by molar-refractivity contribution is 5.94. The van der Waals surface area contributed by atoms with Gasteiger partial charge in [-0.1, -0.05) is 26.8 Å². The normalized spacial score (nSPS) is 10.9. The van der Waals surface area contributed by atoms with E-state index in [1.54, 1.807) is 19.1 Å². The first kappa shape index (κ1) is 17.8. The number of ether oxygens (including phenoxy) is 1. The molecule has 0 aromatic heterocycles. The second kappa shape index (κ2) is 9.67. The number of benzene rings is 1. The van der Waals surface area contributed by atoms with Crippen molar-refractivity contribution >= 4 is 11.7 Å². The quantitative estimate of drug-likeness (QED) is 0.286. The van der Waals surface area contributed by atoms with Gasteiger partial charge in [0.15, 0.2) is 0 Å². The van der Waals surface area contributed by atoms with Crippen molar-refractivity contribution in [3.8, 4) is 5.75 Å². The molecule has 3 N–H and O–H groups in total. The van der Waals surface area contributed by atoms with Crippen LogP contribution in [0.3, 0.4) is 0 Å². The van der Waals surface area contributed by atoms with Gasteiger partial charge in [-0.2, -0.15) is 0 Å². The lowest BCUT2D eigenvalue weighted by Gasteiger charge is -2.07. The van der Waals surface area contributed by atoms with E-state index in [9.17, 15) is 9.90 Å². The van der Waals surface area contributed by atoms with Gasteiger partial charge in [0.25, 0.3) is 0 Å².